The topological polar surface area (TPSA) is 26.3 Å². The van der Waals surface area contributed by atoms with Crippen molar-refractivity contribution in [3.05, 3.63) is 11.6 Å². The Hall–Kier alpha value is -0.790. The lowest BCUT2D eigenvalue weighted by Gasteiger charge is -2.24. The second-order valence-corrected chi connectivity index (χ2v) is 4.97. The van der Waals surface area contributed by atoms with Gasteiger partial charge in [-0.15, -0.1) is 0 Å². The summed E-state index contributed by atoms with van der Waals surface area (Å²) in [6.45, 7) is 4.92. The number of rotatable bonds is 9. The maximum Gasteiger partial charge on any atom is 0.313 e. The largest absolute Gasteiger partial charge is 0.465 e. The first-order chi connectivity index (χ1) is 8.27. The molecule has 0 amide bonds. The molecule has 0 saturated carbocycles. The molecule has 0 N–H and O–H groups in total. The molecule has 0 fully saturated rings. The molecule has 98 valence electrons. The van der Waals surface area contributed by atoms with Crippen molar-refractivity contribution >= 4 is 5.97 Å². The minimum absolute atomic E-state index is 0.0178. The molecule has 2 nitrogen and oxygen atoms in total. The molecule has 1 atom stereocenters. The maximum atomic E-state index is 11.6. The highest BCUT2D eigenvalue weighted by atomic mass is 16.5. The molecule has 0 aromatic carbocycles. The van der Waals surface area contributed by atoms with E-state index < -0.39 is 0 Å². The van der Waals surface area contributed by atoms with Crippen LogP contribution in [0.5, 0.6) is 0 Å². The molecule has 1 aliphatic carbocycles. The summed E-state index contributed by atoms with van der Waals surface area (Å²) in [6, 6.07) is 0. The van der Waals surface area contributed by atoms with Crippen LogP contribution in [0.3, 0.4) is 0 Å². The van der Waals surface area contributed by atoms with Crippen LogP contribution in [0.25, 0.3) is 0 Å². The Bertz CT molecular complexity index is 256. The van der Waals surface area contributed by atoms with E-state index in [0.717, 1.165) is 19.3 Å². The molecule has 0 bridgehead atoms. The number of hydrogen-bond donors (Lipinski definition) is 0. The number of allylic oxidation sites excluding steroid dienone is 1. The lowest BCUT2D eigenvalue weighted by atomic mass is 9.83. The van der Waals surface area contributed by atoms with Gasteiger partial charge < -0.3 is 4.74 Å². The van der Waals surface area contributed by atoms with E-state index in [0.29, 0.717) is 6.61 Å². The zero-order chi connectivity index (χ0) is 12.5. The summed E-state index contributed by atoms with van der Waals surface area (Å²) < 4.78 is 5.19. The van der Waals surface area contributed by atoms with Crippen LogP contribution in [-0.2, 0) is 9.53 Å². The fourth-order valence-corrected chi connectivity index (χ4v) is 2.07. The predicted octanol–water partition coefficient (Wildman–Crippen LogP) is 4.25. The molecule has 0 aromatic rings. The zero-order valence-electron chi connectivity index (χ0n) is 11.3. The van der Waals surface area contributed by atoms with Crippen LogP contribution in [0, 0.1) is 5.92 Å². The van der Waals surface area contributed by atoms with Crippen LogP contribution in [-0.4, -0.2) is 12.6 Å². The first kappa shape index (κ1) is 14.3. The van der Waals surface area contributed by atoms with Gasteiger partial charge in [0.2, 0.25) is 0 Å². The molecule has 0 saturated heterocycles. The van der Waals surface area contributed by atoms with Crippen molar-refractivity contribution in [1.29, 1.82) is 0 Å². The van der Waals surface area contributed by atoms with E-state index in [1.165, 1.54) is 37.7 Å². The van der Waals surface area contributed by atoms with Gasteiger partial charge >= 0.3 is 5.97 Å². The van der Waals surface area contributed by atoms with Crippen LogP contribution in [0.2, 0.25) is 0 Å². The van der Waals surface area contributed by atoms with E-state index in [-0.39, 0.29) is 11.9 Å². The molecule has 0 aromatic heterocycles. The Morgan fingerprint density at radius 3 is 2.59 bits per heavy atom. The molecule has 2 heteroatoms. The Kier molecular flexibility index (Phi) is 6.99. The highest BCUT2D eigenvalue weighted by Gasteiger charge is 2.26. The van der Waals surface area contributed by atoms with Gasteiger partial charge in [0, 0.05) is 0 Å². The average molecular weight is 238 g/mol. The van der Waals surface area contributed by atoms with Gasteiger partial charge in [0.05, 0.1) is 12.5 Å². The highest BCUT2D eigenvalue weighted by Crippen LogP contribution is 2.30. The van der Waals surface area contributed by atoms with Gasteiger partial charge in [0.25, 0.3) is 0 Å². The lowest BCUT2D eigenvalue weighted by Crippen LogP contribution is -2.23. The number of ether oxygens (including phenoxy) is 1. The second-order valence-electron chi connectivity index (χ2n) is 4.97. The molecule has 1 unspecified atom stereocenters. The summed E-state index contributed by atoms with van der Waals surface area (Å²) >= 11 is 0. The van der Waals surface area contributed by atoms with Gasteiger partial charge in [-0.1, -0.05) is 51.2 Å². The molecule has 0 aliphatic heterocycles. The van der Waals surface area contributed by atoms with Crippen molar-refractivity contribution in [2.45, 2.75) is 65.2 Å². The van der Waals surface area contributed by atoms with Crippen LogP contribution < -0.4 is 0 Å². The third-order valence-corrected chi connectivity index (χ3v) is 3.32. The van der Waals surface area contributed by atoms with Gasteiger partial charge in [-0.2, -0.15) is 0 Å². The monoisotopic (exact) mass is 238 g/mol. The Balaban J connectivity index is 2.07. The van der Waals surface area contributed by atoms with Crippen molar-refractivity contribution in [3.63, 3.8) is 0 Å². The van der Waals surface area contributed by atoms with Gasteiger partial charge in [0.15, 0.2) is 0 Å². The molecule has 1 aliphatic rings. The van der Waals surface area contributed by atoms with Gasteiger partial charge in [-0.25, -0.2) is 0 Å². The maximum absolute atomic E-state index is 11.6. The Morgan fingerprint density at radius 2 is 1.94 bits per heavy atom. The fraction of sp³-hybridized carbons (Fsp3) is 0.800. The molecule has 0 heterocycles. The van der Waals surface area contributed by atoms with Crippen LogP contribution in [0.15, 0.2) is 11.6 Å². The van der Waals surface area contributed by atoms with Gasteiger partial charge in [0.1, 0.15) is 0 Å². The van der Waals surface area contributed by atoms with Gasteiger partial charge in [-0.05, 0) is 25.7 Å². The standard InChI is InChI=1S/C15H26O2/c1-3-5-7-8-9-13-11-14(12-13)15(16)17-10-6-4-2/h11,14H,3-10,12H2,1-2H3. The summed E-state index contributed by atoms with van der Waals surface area (Å²) in [5.74, 6) is 0.0452. The second kappa shape index (κ2) is 8.32. The molecular weight excluding hydrogens is 212 g/mol. The van der Waals surface area contributed by atoms with E-state index >= 15 is 0 Å². The van der Waals surface area contributed by atoms with Crippen LogP contribution in [0.4, 0.5) is 0 Å². The lowest BCUT2D eigenvalue weighted by molar-refractivity contribution is -0.147. The molecule has 17 heavy (non-hydrogen) atoms. The summed E-state index contributed by atoms with van der Waals surface area (Å²) in [6.07, 6.45) is 11.5. The zero-order valence-corrected chi connectivity index (χ0v) is 11.3. The first-order valence-electron chi connectivity index (χ1n) is 7.14. The van der Waals surface area contributed by atoms with E-state index in [1.807, 2.05) is 0 Å². The molecule has 1 rings (SSSR count). The predicted molar refractivity (Wildman–Crippen MR) is 70.8 cm³/mol. The summed E-state index contributed by atoms with van der Waals surface area (Å²) in [5, 5.41) is 0. The summed E-state index contributed by atoms with van der Waals surface area (Å²) in [4.78, 5) is 11.6. The van der Waals surface area contributed by atoms with Crippen molar-refractivity contribution in [1.82, 2.24) is 0 Å². The highest BCUT2D eigenvalue weighted by molar-refractivity contribution is 5.76. The first-order valence-corrected chi connectivity index (χ1v) is 7.14. The number of esters is 1. The number of hydrogen-bond acceptors (Lipinski definition) is 2. The summed E-state index contributed by atoms with van der Waals surface area (Å²) in [5.41, 5.74) is 1.46. The normalized spacial score (nSPS) is 18.5. The SMILES string of the molecule is CCCCCCC1=CC(C(=O)OCCCC)C1. The van der Waals surface area contributed by atoms with E-state index in [1.54, 1.807) is 0 Å². The van der Waals surface area contributed by atoms with Crippen molar-refractivity contribution in [2.75, 3.05) is 6.61 Å². The smallest absolute Gasteiger partial charge is 0.313 e. The van der Waals surface area contributed by atoms with Crippen LogP contribution >= 0.6 is 0 Å². The van der Waals surface area contributed by atoms with Crippen molar-refractivity contribution in [3.8, 4) is 0 Å². The minimum atomic E-state index is -0.0178. The van der Waals surface area contributed by atoms with Gasteiger partial charge in [-0.3, -0.25) is 4.79 Å². The third-order valence-electron chi connectivity index (χ3n) is 3.32. The number of unbranched alkanes of at least 4 members (excludes halogenated alkanes) is 4. The quantitative estimate of drug-likeness (QED) is 0.341. The van der Waals surface area contributed by atoms with E-state index in [4.69, 9.17) is 4.74 Å². The Labute approximate surface area is 105 Å². The third kappa shape index (κ3) is 5.38. The minimum Gasteiger partial charge on any atom is -0.465 e. The molecular formula is C15H26O2. The molecule has 0 spiro atoms. The van der Waals surface area contributed by atoms with Crippen molar-refractivity contribution in [2.24, 2.45) is 5.92 Å². The summed E-state index contributed by atoms with van der Waals surface area (Å²) in [7, 11) is 0. The average Bonchev–Trinajstić information content (AvgIpc) is 2.26. The number of carbonyl (C=O) groups is 1. The number of carbonyl (C=O) groups excluding carboxylic acids is 1. The molecule has 0 radical (unpaired) electrons. The van der Waals surface area contributed by atoms with Crippen LogP contribution in [0.1, 0.15) is 65.2 Å². The fourth-order valence-electron chi connectivity index (χ4n) is 2.07. The van der Waals surface area contributed by atoms with Crippen molar-refractivity contribution < 1.29 is 9.53 Å². The van der Waals surface area contributed by atoms with E-state index in [2.05, 4.69) is 19.9 Å². The Morgan fingerprint density at radius 1 is 1.24 bits per heavy atom. The van der Waals surface area contributed by atoms with E-state index in [9.17, 15) is 4.79 Å².